The molecule has 1 aliphatic heterocycles. The number of nitrogens with two attached hydrogens (primary N) is 1. The van der Waals surface area contributed by atoms with Crippen LogP contribution in [0.5, 0.6) is 0 Å². The van der Waals surface area contributed by atoms with E-state index in [1.165, 1.54) is 17.9 Å². The summed E-state index contributed by atoms with van der Waals surface area (Å²) in [5, 5.41) is 0. The van der Waals surface area contributed by atoms with Gasteiger partial charge in [-0.2, -0.15) is 11.8 Å². The van der Waals surface area contributed by atoms with Gasteiger partial charge < -0.3 is 10.2 Å². The monoisotopic (exact) mass is 382 g/mol. The van der Waals surface area contributed by atoms with Gasteiger partial charge in [0.15, 0.2) is 4.67 Å². The zero-order valence-corrected chi connectivity index (χ0v) is 13.5. The SMILES string of the molecule is NCC(c1cc(Br)c(Br)o1)N1CCCSCC1. The molecule has 2 heterocycles. The fourth-order valence-electron chi connectivity index (χ4n) is 2.05. The van der Waals surface area contributed by atoms with Crippen molar-refractivity contribution in [1.82, 2.24) is 4.90 Å². The maximum absolute atomic E-state index is 5.91. The van der Waals surface area contributed by atoms with Gasteiger partial charge in [-0.1, -0.05) is 0 Å². The molecular weight excluding hydrogens is 368 g/mol. The van der Waals surface area contributed by atoms with Crippen molar-refractivity contribution < 1.29 is 4.42 Å². The number of nitrogens with zero attached hydrogens (tertiary/aromatic N) is 1. The van der Waals surface area contributed by atoms with Crippen LogP contribution in [0.25, 0.3) is 0 Å². The van der Waals surface area contributed by atoms with Crippen molar-refractivity contribution in [2.24, 2.45) is 5.73 Å². The molecule has 1 aromatic heterocycles. The highest BCUT2D eigenvalue weighted by Gasteiger charge is 2.24. The van der Waals surface area contributed by atoms with Crippen LogP contribution >= 0.6 is 43.6 Å². The molecule has 0 radical (unpaired) electrons. The Morgan fingerprint density at radius 2 is 2.24 bits per heavy atom. The van der Waals surface area contributed by atoms with Gasteiger partial charge in [-0.25, -0.2) is 0 Å². The number of hydrogen-bond donors (Lipinski definition) is 1. The maximum Gasteiger partial charge on any atom is 0.183 e. The second kappa shape index (κ2) is 6.61. The first-order valence-electron chi connectivity index (χ1n) is 5.69. The lowest BCUT2D eigenvalue weighted by Crippen LogP contribution is -2.35. The lowest BCUT2D eigenvalue weighted by atomic mass is 10.2. The highest BCUT2D eigenvalue weighted by atomic mass is 79.9. The molecule has 0 aliphatic carbocycles. The molecule has 1 aliphatic rings. The normalized spacial score (nSPS) is 20.2. The molecule has 2 rings (SSSR count). The molecule has 1 saturated heterocycles. The van der Waals surface area contributed by atoms with Crippen LogP contribution in [0.1, 0.15) is 18.2 Å². The summed E-state index contributed by atoms with van der Waals surface area (Å²) in [5.74, 6) is 3.37. The van der Waals surface area contributed by atoms with Gasteiger partial charge in [0.05, 0.1) is 10.5 Å². The van der Waals surface area contributed by atoms with E-state index in [1.54, 1.807) is 0 Å². The second-order valence-corrected chi connectivity index (χ2v) is 6.82. The molecule has 0 saturated carbocycles. The molecule has 0 spiro atoms. The molecule has 0 aromatic carbocycles. The van der Waals surface area contributed by atoms with Gasteiger partial charge in [0, 0.05) is 18.8 Å². The zero-order chi connectivity index (χ0) is 12.3. The number of hydrogen-bond acceptors (Lipinski definition) is 4. The van der Waals surface area contributed by atoms with Gasteiger partial charge in [0.1, 0.15) is 5.76 Å². The Kier molecular flexibility index (Phi) is 5.42. The molecule has 1 atom stereocenters. The standard InChI is InChI=1S/C11H16Br2N2OS/c12-8-6-10(16-11(8)13)9(7-14)15-2-1-4-17-5-3-15/h6,9H,1-5,7,14H2. The van der Waals surface area contributed by atoms with Crippen LogP contribution in [0.3, 0.4) is 0 Å². The van der Waals surface area contributed by atoms with Gasteiger partial charge in [-0.05, 0) is 56.6 Å². The van der Waals surface area contributed by atoms with Crippen LogP contribution in [0.2, 0.25) is 0 Å². The quantitative estimate of drug-likeness (QED) is 0.869. The summed E-state index contributed by atoms with van der Waals surface area (Å²) in [6, 6.07) is 2.20. The molecule has 6 heteroatoms. The molecule has 96 valence electrons. The van der Waals surface area contributed by atoms with E-state index >= 15 is 0 Å². The van der Waals surface area contributed by atoms with Crippen LogP contribution < -0.4 is 5.73 Å². The van der Waals surface area contributed by atoms with Crippen molar-refractivity contribution in [2.75, 3.05) is 31.1 Å². The summed E-state index contributed by atoms with van der Waals surface area (Å²) < 4.78 is 7.40. The van der Waals surface area contributed by atoms with Gasteiger partial charge in [-0.15, -0.1) is 0 Å². The fourth-order valence-corrected chi connectivity index (χ4v) is 3.56. The average molecular weight is 384 g/mol. The lowest BCUT2D eigenvalue weighted by molar-refractivity contribution is 0.191. The van der Waals surface area contributed by atoms with E-state index in [4.69, 9.17) is 10.2 Å². The van der Waals surface area contributed by atoms with E-state index in [1.807, 2.05) is 17.8 Å². The van der Waals surface area contributed by atoms with Crippen molar-refractivity contribution in [3.63, 3.8) is 0 Å². The Balaban J connectivity index is 2.13. The summed E-state index contributed by atoms with van der Waals surface area (Å²) in [4.78, 5) is 2.43. The highest BCUT2D eigenvalue weighted by molar-refractivity contribution is 9.13. The van der Waals surface area contributed by atoms with Gasteiger partial charge in [0.25, 0.3) is 0 Å². The first-order valence-corrected chi connectivity index (χ1v) is 8.43. The van der Waals surface area contributed by atoms with Crippen LogP contribution in [0.15, 0.2) is 19.6 Å². The summed E-state index contributed by atoms with van der Waals surface area (Å²) in [7, 11) is 0. The third kappa shape index (κ3) is 3.50. The van der Waals surface area contributed by atoms with Gasteiger partial charge in [-0.3, -0.25) is 4.90 Å². The Morgan fingerprint density at radius 1 is 1.41 bits per heavy atom. The summed E-state index contributed by atoms with van der Waals surface area (Å²) in [5.41, 5.74) is 5.91. The van der Waals surface area contributed by atoms with Gasteiger partial charge in [0.2, 0.25) is 0 Å². The van der Waals surface area contributed by atoms with E-state index in [2.05, 4.69) is 36.8 Å². The molecule has 17 heavy (non-hydrogen) atoms. The van der Waals surface area contributed by atoms with Crippen molar-refractivity contribution >= 4 is 43.6 Å². The molecule has 1 fully saturated rings. The van der Waals surface area contributed by atoms with Crippen molar-refractivity contribution in [2.45, 2.75) is 12.5 Å². The first kappa shape index (κ1) is 13.9. The number of rotatable bonds is 3. The fraction of sp³-hybridized carbons (Fsp3) is 0.636. The van der Waals surface area contributed by atoms with Crippen LogP contribution in [0.4, 0.5) is 0 Å². The minimum Gasteiger partial charge on any atom is -0.451 e. The van der Waals surface area contributed by atoms with E-state index in [-0.39, 0.29) is 6.04 Å². The number of furan rings is 1. The second-order valence-electron chi connectivity index (χ2n) is 4.02. The van der Waals surface area contributed by atoms with Crippen molar-refractivity contribution in [3.05, 3.63) is 21.0 Å². The summed E-state index contributed by atoms with van der Waals surface area (Å²) >= 11 is 8.84. The maximum atomic E-state index is 5.91. The molecule has 0 amide bonds. The van der Waals surface area contributed by atoms with E-state index in [0.29, 0.717) is 6.54 Å². The molecule has 3 nitrogen and oxygen atoms in total. The lowest BCUT2D eigenvalue weighted by Gasteiger charge is -2.27. The molecule has 2 N–H and O–H groups in total. The zero-order valence-electron chi connectivity index (χ0n) is 9.49. The van der Waals surface area contributed by atoms with E-state index in [9.17, 15) is 0 Å². The summed E-state index contributed by atoms with van der Waals surface area (Å²) in [6.07, 6.45) is 1.23. The highest BCUT2D eigenvalue weighted by Crippen LogP contribution is 2.32. The predicted octanol–water partition coefficient (Wildman–Crippen LogP) is 3.24. The Bertz CT molecular complexity index is 345. The summed E-state index contributed by atoms with van der Waals surface area (Å²) in [6.45, 7) is 2.78. The van der Waals surface area contributed by atoms with Crippen LogP contribution in [-0.4, -0.2) is 36.0 Å². The molecular formula is C11H16Br2N2OS. The third-order valence-electron chi connectivity index (χ3n) is 2.91. The van der Waals surface area contributed by atoms with E-state index < -0.39 is 0 Å². The van der Waals surface area contributed by atoms with Gasteiger partial charge >= 0.3 is 0 Å². The average Bonchev–Trinajstić information content (AvgIpc) is 2.56. The minimum absolute atomic E-state index is 0.191. The number of halogens is 2. The Morgan fingerprint density at radius 3 is 2.88 bits per heavy atom. The predicted molar refractivity (Wildman–Crippen MR) is 79.4 cm³/mol. The smallest absolute Gasteiger partial charge is 0.183 e. The molecule has 1 aromatic rings. The van der Waals surface area contributed by atoms with Crippen LogP contribution in [0, 0.1) is 0 Å². The third-order valence-corrected chi connectivity index (χ3v) is 5.67. The first-order chi connectivity index (χ1) is 8.22. The molecule has 0 bridgehead atoms. The van der Waals surface area contributed by atoms with Crippen LogP contribution in [-0.2, 0) is 0 Å². The number of thioether (sulfide) groups is 1. The minimum atomic E-state index is 0.191. The topological polar surface area (TPSA) is 42.4 Å². The largest absolute Gasteiger partial charge is 0.451 e. The van der Waals surface area contributed by atoms with Crippen molar-refractivity contribution in [3.8, 4) is 0 Å². The Labute approximate surface area is 123 Å². The van der Waals surface area contributed by atoms with Crippen molar-refractivity contribution in [1.29, 1.82) is 0 Å². The van der Waals surface area contributed by atoms with E-state index in [0.717, 1.165) is 28.0 Å². The Hall–Kier alpha value is 0.510. The molecule has 1 unspecified atom stereocenters.